The zero-order valence-electron chi connectivity index (χ0n) is 16.6. The number of benzene rings is 1. The SMILES string of the molecule is CCNC(=NCC1(C)COC1)NC1CCN(Cc2ccc(Cl)c(Cl)c2)CC1.I. The molecular weight excluding hydrogens is 510 g/mol. The second kappa shape index (κ2) is 11.2. The molecule has 0 amide bonds. The molecule has 1 aromatic carbocycles. The van der Waals surface area contributed by atoms with E-state index in [1.165, 1.54) is 5.56 Å². The van der Waals surface area contributed by atoms with Gasteiger partial charge in [-0.25, -0.2) is 0 Å². The van der Waals surface area contributed by atoms with E-state index in [4.69, 9.17) is 32.9 Å². The van der Waals surface area contributed by atoms with Crippen molar-refractivity contribution in [3.63, 3.8) is 0 Å². The summed E-state index contributed by atoms with van der Waals surface area (Å²) in [5, 5.41) is 8.22. The Morgan fingerprint density at radius 1 is 1.25 bits per heavy atom. The Morgan fingerprint density at radius 3 is 2.54 bits per heavy atom. The van der Waals surface area contributed by atoms with Gasteiger partial charge in [-0.15, -0.1) is 24.0 Å². The van der Waals surface area contributed by atoms with E-state index >= 15 is 0 Å². The first kappa shape index (κ1) is 24.0. The second-order valence-electron chi connectivity index (χ2n) is 7.94. The molecule has 2 aliphatic rings. The van der Waals surface area contributed by atoms with E-state index in [0.717, 1.165) is 64.7 Å². The summed E-state index contributed by atoms with van der Waals surface area (Å²) in [6.07, 6.45) is 2.21. The number of hydrogen-bond donors (Lipinski definition) is 2. The number of nitrogens with zero attached hydrogens (tertiary/aromatic N) is 2. The normalized spacial score (nSPS) is 20.2. The topological polar surface area (TPSA) is 48.9 Å². The summed E-state index contributed by atoms with van der Waals surface area (Å²) in [6, 6.07) is 6.35. The lowest BCUT2D eigenvalue weighted by Gasteiger charge is -2.37. The van der Waals surface area contributed by atoms with Gasteiger partial charge >= 0.3 is 0 Å². The first-order valence-electron chi connectivity index (χ1n) is 9.76. The molecular formula is C20H31Cl2IN4O. The summed E-state index contributed by atoms with van der Waals surface area (Å²) in [4.78, 5) is 7.25. The third-order valence-electron chi connectivity index (χ3n) is 5.18. The largest absolute Gasteiger partial charge is 0.380 e. The maximum Gasteiger partial charge on any atom is 0.191 e. The molecule has 2 N–H and O–H groups in total. The van der Waals surface area contributed by atoms with Crippen molar-refractivity contribution in [3.8, 4) is 0 Å². The summed E-state index contributed by atoms with van der Waals surface area (Å²) in [7, 11) is 0. The van der Waals surface area contributed by atoms with Gasteiger partial charge in [0, 0.05) is 37.6 Å². The van der Waals surface area contributed by atoms with Gasteiger partial charge in [0.15, 0.2) is 5.96 Å². The molecule has 2 aliphatic heterocycles. The van der Waals surface area contributed by atoms with Gasteiger partial charge in [-0.2, -0.15) is 0 Å². The fourth-order valence-corrected chi connectivity index (χ4v) is 3.78. The number of guanidine groups is 1. The fraction of sp³-hybridized carbons (Fsp3) is 0.650. The molecule has 158 valence electrons. The van der Waals surface area contributed by atoms with E-state index < -0.39 is 0 Å². The molecule has 0 bridgehead atoms. The minimum Gasteiger partial charge on any atom is -0.380 e. The Kier molecular flexibility index (Phi) is 9.60. The molecule has 0 aliphatic carbocycles. The highest BCUT2D eigenvalue weighted by atomic mass is 127. The van der Waals surface area contributed by atoms with Gasteiger partial charge in [-0.05, 0) is 37.5 Å². The molecule has 2 heterocycles. The molecule has 0 radical (unpaired) electrons. The van der Waals surface area contributed by atoms with Gasteiger partial charge in [0.05, 0.1) is 29.8 Å². The van der Waals surface area contributed by atoms with Crippen LogP contribution in [0.3, 0.4) is 0 Å². The molecule has 0 unspecified atom stereocenters. The van der Waals surface area contributed by atoms with Gasteiger partial charge in [0.1, 0.15) is 0 Å². The number of likely N-dealkylation sites (tertiary alicyclic amines) is 1. The Hall–Kier alpha value is -0.280. The van der Waals surface area contributed by atoms with Crippen LogP contribution in [0.15, 0.2) is 23.2 Å². The summed E-state index contributed by atoms with van der Waals surface area (Å²) < 4.78 is 5.32. The number of rotatable bonds is 6. The Balaban J connectivity index is 0.00000280. The van der Waals surface area contributed by atoms with Crippen LogP contribution in [-0.2, 0) is 11.3 Å². The number of nitrogens with one attached hydrogen (secondary N) is 2. The predicted octanol–water partition coefficient (Wildman–Crippen LogP) is 4.17. The van der Waals surface area contributed by atoms with Crippen LogP contribution in [0.1, 0.15) is 32.3 Å². The van der Waals surface area contributed by atoms with Crippen LogP contribution in [0, 0.1) is 5.41 Å². The third-order valence-corrected chi connectivity index (χ3v) is 5.92. The van der Waals surface area contributed by atoms with Crippen molar-refractivity contribution in [2.24, 2.45) is 10.4 Å². The first-order chi connectivity index (χ1) is 13.0. The fourth-order valence-electron chi connectivity index (χ4n) is 3.46. The molecule has 0 saturated carbocycles. The van der Waals surface area contributed by atoms with Crippen molar-refractivity contribution < 1.29 is 4.74 Å². The van der Waals surface area contributed by atoms with Crippen molar-refractivity contribution in [1.82, 2.24) is 15.5 Å². The Bertz CT molecular complexity index is 662. The maximum absolute atomic E-state index is 6.13. The van der Waals surface area contributed by atoms with Gasteiger partial charge in [0.2, 0.25) is 0 Å². The lowest BCUT2D eigenvalue weighted by molar-refractivity contribution is -0.0945. The van der Waals surface area contributed by atoms with E-state index in [2.05, 4.69) is 35.4 Å². The maximum atomic E-state index is 6.13. The van der Waals surface area contributed by atoms with Crippen LogP contribution in [0.5, 0.6) is 0 Å². The lowest BCUT2D eigenvalue weighted by atomic mass is 9.89. The van der Waals surface area contributed by atoms with E-state index in [0.29, 0.717) is 16.1 Å². The lowest BCUT2D eigenvalue weighted by Crippen LogP contribution is -2.49. The van der Waals surface area contributed by atoms with Crippen molar-refractivity contribution in [1.29, 1.82) is 0 Å². The monoisotopic (exact) mass is 540 g/mol. The number of hydrogen-bond acceptors (Lipinski definition) is 3. The smallest absolute Gasteiger partial charge is 0.191 e. The minimum atomic E-state index is 0. The Labute approximate surface area is 195 Å². The van der Waals surface area contributed by atoms with E-state index in [1.807, 2.05) is 12.1 Å². The first-order valence-corrected chi connectivity index (χ1v) is 10.5. The molecule has 0 spiro atoms. The molecule has 5 nitrogen and oxygen atoms in total. The molecule has 0 aromatic heterocycles. The van der Waals surface area contributed by atoms with Crippen molar-refractivity contribution >= 4 is 53.1 Å². The summed E-state index contributed by atoms with van der Waals surface area (Å²) in [5.74, 6) is 0.925. The highest BCUT2D eigenvalue weighted by Gasteiger charge is 2.33. The molecule has 0 atom stereocenters. The van der Waals surface area contributed by atoms with Crippen LogP contribution in [0.2, 0.25) is 10.0 Å². The second-order valence-corrected chi connectivity index (χ2v) is 8.76. The van der Waals surface area contributed by atoms with Crippen LogP contribution in [0.4, 0.5) is 0 Å². The summed E-state index contributed by atoms with van der Waals surface area (Å²) in [6.45, 7) is 10.7. The zero-order chi connectivity index (χ0) is 19.3. The molecule has 2 saturated heterocycles. The van der Waals surface area contributed by atoms with Crippen LogP contribution in [-0.4, -0.2) is 56.3 Å². The third kappa shape index (κ3) is 6.90. The number of piperidine rings is 1. The highest BCUT2D eigenvalue weighted by Crippen LogP contribution is 2.26. The molecule has 28 heavy (non-hydrogen) atoms. The standard InChI is InChI=1S/C20H30Cl2N4O.HI/c1-3-23-19(24-12-20(2)13-27-14-20)25-16-6-8-26(9-7-16)11-15-4-5-17(21)18(22)10-15;/h4-5,10,16H,3,6-9,11-14H2,1-2H3,(H2,23,24,25);1H. The van der Waals surface area contributed by atoms with Crippen molar-refractivity contribution in [2.75, 3.05) is 39.4 Å². The van der Waals surface area contributed by atoms with Crippen molar-refractivity contribution in [2.45, 2.75) is 39.3 Å². The van der Waals surface area contributed by atoms with Crippen LogP contribution in [0.25, 0.3) is 0 Å². The Morgan fingerprint density at radius 2 is 1.96 bits per heavy atom. The number of halogens is 3. The predicted molar refractivity (Wildman–Crippen MR) is 128 cm³/mol. The van der Waals surface area contributed by atoms with Gasteiger partial charge in [-0.1, -0.05) is 36.2 Å². The van der Waals surface area contributed by atoms with E-state index in [-0.39, 0.29) is 29.4 Å². The molecule has 3 rings (SSSR count). The summed E-state index contributed by atoms with van der Waals surface area (Å²) >= 11 is 12.1. The average Bonchev–Trinajstić information content (AvgIpc) is 2.63. The minimum absolute atomic E-state index is 0. The van der Waals surface area contributed by atoms with E-state index in [9.17, 15) is 0 Å². The highest BCUT2D eigenvalue weighted by molar-refractivity contribution is 14.0. The quantitative estimate of drug-likeness (QED) is 0.323. The number of ether oxygens (including phenoxy) is 1. The number of aliphatic imine (C=N–C) groups is 1. The molecule has 1 aromatic rings. The van der Waals surface area contributed by atoms with Crippen molar-refractivity contribution in [3.05, 3.63) is 33.8 Å². The average molecular weight is 541 g/mol. The molecule has 8 heteroatoms. The van der Waals surface area contributed by atoms with Gasteiger partial charge in [0.25, 0.3) is 0 Å². The van der Waals surface area contributed by atoms with E-state index in [1.54, 1.807) is 0 Å². The van der Waals surface area contributed by atoms with Gasteiger partial charge < -0.3 is 15.4 Å². The van der Waals surface area contributed by atoms with Crippen LogP contribution >= 0.6 is 47.2 Å². The summed E-state index contributed by atoms with van der Waals surface area (Å²) in [5.41, 5.74) is 1.41. The molecule has 2 fully saturated rings. The van der Waals surface area contributed by atoms with Gasteiger partial charge in [-0.3, -0.25) is 9.89 Å². The zero-order valence-corrected chi connectivity index (χ0v) is 20.5. The van der Waals surface area contributed by atoms with Crippen LogP contribution < -0.4 is 10.6 Å².